The second-order valence-corrected chi connectivity index (χ2v) is 11.4. The number of rotatable bonds is 5. The van der Waals surface area contributed by atoms with E-state index < -0.39 is 0 Å². The molecule has 2 aliphatic carbocycles. The summed E-state index contributed by atoms with van der Waals surface area (Å²) in [6.07, 6.45) is 8.55. The third kappa shape index (κ3) is 4.75. The van der Waals surface area contributed by atoms with Gasteiger partial charge >= 0.3 is 0 Å². The molecule has 1 fully saturated rings. The lowest BCUT2D eigenvalue weighted by Crippen LogP contribution is -3.30. The molecule has 0 spiro atoms. The molecule has 2 N–H and O–H groups in total. The van der Waals surface area contributed by atoms with E-state index in [1.54, 1.807) is 11.1 Å². The molecule has 3 aliphatic rings. The lowest BCUT2D eigenvalue weighted by Gasteiger charge is -2.38. The van der Waals surface area contributed by atoms with Crippen molar-refractivity contribution < 1.29 is 9.80 Å². The molecule has 1 heterocycles. The van der Waals surface area contributed by atoms with Gasteiger partial charge in [0.05, 0.1) is 19.0 Å². The molecule has 28 heavy (non-hydrogen) atoms. The maximum Gasteiger partial charge on any atom is 0.216 e. The van der Waals surface area contributed by atoms with Crippen LogP contribution in [0.1, 0.15) is 68.2 Å². The Labute approximate surface area is 175 Å². The van der Waals surface area contributed by atoms with Gasteiger partial charge in [0.1, 0.15) is 13.1 Å². The van der Waals surface area contributed by atoms with Crippen molar-refractivity contribution in [3.05, 3.63) is 23.3 Å². The van der Waals surface area contributed by atoms with Crippen molar-refractivity contribution in [3.8, 4) is 0 Å². The molecule has 0 aromatic heterocycles. The minimum Gasteiger partial charge on any atom is -0.281 e. The summed E-state index contributed by atoms with van der Waals surface area (Å²) in [4.78, 5) is 3.81. The minimum atomic E-state index is 0.750. The van der Waals surface area contributed by atoms with Gasteiger partial charge in [0.15, 0.2) is 0 Å². The lowest BCUT2D eigenvalue weighted by molar-refractivity contribution is -1.07. The molecule has 2 nitrogen and oxygen atoms in total. The van der Waals surface area contributed by atoms with Gasteiger partial charge in [-0.1, -0.05) is 64.8 Å². The summed E-state index contributed by atoms with van der Waals surface area (Å²) in [6, 6.07) is 0. The standard InChI is InChI=1S/C26H46N2/c1-17(2)26-27(15-24-20(5)11-18(3)12-21(24)6)9-10-28(26)16-25-22(7)13-19(4)14-23(25)8/h11,13,17,20-26H,9-10,12,14-16H2,1-8H3/p+2/t20-,21+,22-,23+,24-,25-/m0/s1. The number of quaternary nitrogens is 2. The Kier molecular flexibility index (Phi) is 7.14. The van der Waals surface area contributed by atoms with E-state index in [1.165, 1.54) is 39.0 Å². The van der Waals surface area contributed by atoms with Crippen LogP contribution in [-0.4, -0.2) is 32.3 Å². The monoisotopic (exact) mass is 388 g/mol. The van der Waals surface area contributed by atoms with Gasteiger partial charge in [0.2, 0.25) is 6.17 Å². The SMILES string of the molecule is CC1=C[C@H](C)[C@H](C[NH+]2CC[NH+](C[C@@H]3[C@H](C)CC(C)=C[C@@H]3C)C2C(C)C)[C@H](C)C1. The van der Waals surface area contributed by atoms with E-state index >= 15 is 0 Å². The fourth-order valence-corrected chi connectivity index (χ4v) is 7.34. The Bertz CT molecular complexity index is 541. The van der Waals surface area contributed by atoms with Crippen molar-refractivity contribution in [2.24, 2.45) is 41.4 Å². The molecule has 2 heteroatoms. The van der Waals surface area contributed by atoms with E-state index in [0.717, 1.165) is 47.6 Å². The molecule has 1 aliphatic heterocycles. The molecule has 8 atom stereocenters. The molecule has 3 rings (SSSR count). The van der Waals surface area contributed by atoms with E-state index in [9.17, 15) is 0 Å². The van der Waals surface area contributed by atoms with Crippen LogP contribution in [0.3, 0.4) is 0 Å². The highest BCUT2D eigenvalue weighted by atomic mass is 15.4. The molecule has 160 valence electrons. The van der Waals surface area contributed by atoms with Crippen molar-refractivity contribution in [1.82, 2.24) is 0 Å². The van der Waals surface area contributed by atoms with Crippen molar-refractivity contribution in [2.45, 2.75) is 74.4 Å². The second kappa shape index (κ2) is 9.04. The van der Waals surface area contributed by atoms with Gasteiger partial charge in [0.25, 0.3) is 0 Å². The van der Waals surface area contributed by atoms with Crippen LogP contribution in [0.25, 0.3) is 0 Å². The van der Waals surface area contributed by atoms with Crippen LogP contribution in [0.2, 0.25) is 0 Å². The van der Waals surface area contributed by atoms with E-state index in [-0.39, 0.29) is 0 Å². The van der Waals surface area contributed by atoms with Gasteiger partial charge in [-0.2, -0.15) is 0 Å². The minimum absolute atomic E-state index is 0.750. The lowest BCUT2D eigenvalue weighted by atomic mass is 9.74. The molecule has 0 bridgehead atoms. The quantitative estimate of drug-likeness (QED) is 0.669. The van der Waals surface area contributed by atoms with Crippen LogP contribution in [0.15, 0.2) is 23.3 Å². The fourth-order valence-electron chi connectivity index (χ4n) is 7.34. The van der Waals surface area contributed by atoms with Gasteiger partial charge in [-0.15, -0.1) is 0 Å². The van der Waals surface area contributed by atoms with Crippen LogP contribution in [0.4, 0.5) is 0 Å². The van der Waals surface area contributed by atoms with Crippen LogP contribution < -0.4 is 9.80 Å². The van der Waals surface area contributed by atoms with Gasteiger partial charge in [0, 0.05) is 11.8 Å². The first-order valence-corrected chi connectivity index (χ1v) is 12.2. The molecule has 1 saturated heterocycles. The zero-order valence-electron chi connectivity index (χ0n) is 20.0. The van der Waals surface area contributed by atoms with Crippen molar-refractivity contribution >= 4 is 0 Å². The van der Waals surface area contributed by atoms with Crippen LogP contribution in [-0.2, 0) is 0 Å². The predicted molar refractivity (Wildman–Crippen MR) is 120 cm³/mol. The largest absolute Gasteiger partial charge is 0.281 e. The Balaban J connectivity index is 1.69. The summed E-state index contributed by atoms with van der Waals surface area (Å²) in [5.74, 6) is 5.67. The average molecular weight is 389 g/mol. The van der Waals surface area contributed by atoms with Crippen molar-refractivity contribution in [1.29, 1.82) is 0 Å². The third-order valence-electron chi connectivity index (χ3n) is 8.50. The van der Waals surface area contributed by atoms with Gasteiger partial charge in [-0.3, -0.25) is 9.80 Å². The summed E-state index contributed by atoms with van der Waals surface area (Å²) >= 11 is 0. The van der Waals surface area contributed by atoms with Crippen molar-refractivity contribution in [3.63, 3.8) is 0 Å². The summed E-state index contributed by atoms with van der Waals surface area (Å²) in [7, 11) is 0. The zero-order valence-corrected chi connectivity index (χ0v) is 20.0. The maximum absolute atomic E-state index is 2.56. The first kappa shape index (κ1) is 22.1. The Morgan fingerprint density at radius 3 is 1.50 bits per heavy atom. The molecule has 0 aromatic rings. The number of nitrogens with one attached hydrogen (secondary N) is 2. The van der Waals surface area contributed by atoms with E-state index in [0.29, 0.717) is 0 Å². The zero-order chi connectivity index (χ0) is 20.6. The Hall–Kier alpha value is -0.600. The normalized spacial score (nSPS) is 44.5. The summed E-state index contributed by atoms with van der Waals surface area (Å²) in [6.45, 7) is 25.1. The highest BCUT2D eigenvalue weighted by molar-refractivity contribution is 5.09. The molecule has 0 aromatic carbocycles. The molecule has 2 unspecified atom stereocenters. The summed E-state index contributed by atoms with van der Waals surface area (Å²) < 4.78 is 0. The smallest absolute Gasteiger partial charge is 0.216 e. The van der Waals surface area contributed by atoms with Gasteiger partial charge < -0.3 is 0 Å². The van der Waals surface area contributed by atoms with Crippen LogP contribution >= 0.6 is 0 Å². The highest BCUT2D eigenvalue weighted by Gasteiger charge is 2.45. The fraction of sp³-hybridized carbons (Fsp3) is 0.846. The van der Waals surface area contributed by atoms with Gasteiger partial charge in [-0.05, 0) is 50.4 Å². The summed E-state index contributed by atoms with van der Waals surface area (Å²) in [5.41, 5.74) is 3.23. The van der Waals surface area contributed by atoms with Crippen LogP contribution in [0.5, 0.6) is 0 Å². The first-order chi connectivity index (χ1) is 13.2. The van der Waals surface area contributed by atoms with E-state index in [1.807, 2.05) is 9.80 Å². The number of allylic oxidation sites excluding steroid dienone is 4. The first-order valence-electron chi connectivity index (χ1n) is 12.2. The predicted octanol–water partition coefficient (Wildman–Crippen LogP) is 3.23. The van der Waals surface area contributed by atoms with Crippen LogP contribution in [0, 0.1) is 41.4 Å². The molecular formula is C26H48N2+2. The molecule has 0 radical (unpaired) electrons. The second-order valence-electron chi connectivity index (χ2n) is 11.4. The highest BCUT2D eigenvalue weighted by Crippen LogP contribution is 2.33. The van der Waals surface area contributed by atoms with Gasteiger partial charge in [-0.25, -0.2) is 0 Å². The molecule has 0 saturated carbocycles. The topological polar surface area (TPSA) is 8.88 Å². The summed E-state index contributed by atoms with van der Waals surface area (Å²) in [5, 5.41) is 0. The Morgan fingerprint density at radius 1 is 0.786 bits per heavy atom. The van der Waals surface area contributed by atoms with E-state index in [4.69, 9.17) is 0 Å². The van der Waals surface area contributed by atoms with Crippen molar-refractivity contribution in [2.75, 3.05) is 26.2 Å². The average Bonchev–Trinajstić information content (AvgIpc) is 2.96. The maximum atomic E-state index is 2.56. The number of hydrogen-bond acceptors (Lipinski definition) is 0. The molecule has 0 amide bonds. The Morgan fingerprint density at radius 2 is 1.18 bits per heavy atom. The van der Waals surface area contributed by atoms with E-state index in [2.05, 4.69) is 67.5 Å². The number of hydrogen-bond donors (Lipinski definition) is 2. The third-order valence-corrected chi connectivity index (χ3v) is 8.50. The molecular weight excluding hydrogens is 340 g/mol.